The van der Waals surface area contributed by atoms with E-state index in [0.717, 1.165) is 57.7 Å². The molecule has 5 rings (SSSR count). The molecule has 1 amide bonds. The number of rotatable bonds is 8. The molecule has 1 saturated carbocycles. The van der Waals surface area contributed by atoms with Crippen molar-refractivity contribution in [1.29, 1.82) is 0 Å². The number of nitrogens with two attached hydrogens (primary N) is 1. The van der Waals surface area contributed by atoms with Gasteiger partial charge in [-0.1, -0.05) is 42.1 Å². The predicted octanol–water partition coefficient (Wildman–Crippen LogP) is 7.58. The second kappa shape index (κ2) is 13.2. The molecule has 5 nitrogen and oxygen atoms in total. The molecule has 1 saturated heterocycles. The van der Waals surface area contributed by atoms with Crippen molar-refractivity contribution < 1.29 is 22.7 Å². The fourth-order valence-corrected chi connectivity index (χ4v) is 6.51. The van der Waals surface area contributed by atoms with Gasteiger partial charge in [0.1, 0.15) is 6.61 Å². The minimum atomic E-state index is -4.48. The number of nitrogens with zero attached hydrogens (tertiary/aromatic N) is 1. The van der Waals surface area contributed by atoms with E-state index in [1.807, 2.05) is 23.1 Å². The van der Waals surface area contributed by atoms with Crippen LogP contribution in [-0.4, -0.2) is 42.6 Å². The first-order valence-electron chi connectivity index (χ1n) is 14.2. The number of amides is 1. The zero-order chi connectivity index (χ0) is 28.8. The summed E-state index contributed by atoms with van der Waals surface area (Å²) in [6.45, 7) is 1.53. The van der Waals surface area contributed by atoms with Crippen LogP contribution in [0.5, 0.6) is 0 Å². The van der Waals surface area contributed by atoms with Crippen LogP contribution < -0.4 is 11.1 Å². The Kier molecular flexibility index (Phi) is 9.45. The van der Waals surface area contributed by atoms with Gasteiger partial charge >= 0.3 is 6.18 Å². The highest BCUT2D eigenvalue weighted by atomic mass is 32.2. The van der Waals surface area contributed by atoms with E-state index in [4.69, 9.17) is 10.5 Å². The van der Waals surface area contributed by atoms with E-state index >= 15 is 0 Å². The standard InChI is InChI=1S/C32H36F3N3O2S/c33-32(34,35)29-20-25(10-15-30(29)36)37-24-8-11-26(12-9-24)40-21-31(39)38-18-16-23(17-19-38)22-6-13-28(14-7-22)41-27-4-2-1-3-5-27/h1-7,10,13-15,20,23-24,26,37H,8-9,11-12,16-19,21,36H2. The summed E-state index contributed by atoms with van der Waals surface area (Å²) < 4.78 is 45.4. The van der Waals surface area contributed by atoms with E-state index in [-0.39, 0.29) is 30.3 Å². The molecule has 3 aromatic rings. The van der Waals surface area contributed by atoms with Gasteiger partial charge in [-0.25, -0.2) is 0 Å². The lowest BCUT2D eigenvalue weighted by Gasteiger charge is -2.33. The first-order chi connectivity index (χ1) is 19.7. The second-order valence-corrected chi connectivity index (χ2v) is 12.0. The van der Waals surface area contributed by atoms with Crippen LogP contribution >= 0.6 is 11.8 Å². The van der Waals surface area contributed by atoms with Gasteiger partial charge in [0.15, 0.2) is 0 Å². The van der Waals surface area contributed by atoms with Gasteiger partial charge in [-0.15, -0.1) is 0 Å². The van der Waals surface area contributed by atoms with Crippen molar-refractivity contribution in [2.45, 2.75) is 72.6 Å². The van der Waals surface area contributed by atoms with Crippen molar-refractivity contribution >= 4 is 29.0 Å². The first-order valence-corrected chi connectivity index (χ1v) is 15.0. The Hall–Kier alpha value is -3.17. The van der Waals surface area contributed by atoms with Crippen LogP contribution in [0.3, 0.4) is 0 Å². The highest BCUT2D eigenvalue weighted by Crippen LogP contribution is 2.36. The lowest BCUT2D eigenvalue weighted by molar-refractivity contribution is -0.140. The van der Waals surface area contributed by atoms with Gasteiger partial charge in [0, 0.05) is 40.3 Å². The number of carbonyl (C=O) groups is 1. The smallest absolute Gasteiger partial charge is 0.398 e. The molecule has 218 valence electrons. The van der Waals surface area contributed by atoms with Crippen LogP contribution in [-0.2, 0) is 15.7 Å². The summed E-state index contributed by atoms with van der Waals surface area (Å²) in [7, 11) is 0. The predicted molar refractivity (Wildman–Crippen MR) is 157 cm³/mol. The maximum absolute atomic E-state index is 13.2. The molecule has 9 heteroatoms. The monoisotopic (exact) mass is 583 g/mol. The number of carbonyl (C=O) groups excluding carboxylic acids is 1. The molecule has 2 aliphatic rings. The first kappa shape index (κ1) is 29.3. The lowest BCUT2D eigenvalue weighted by Crippen LogP contribution is -2.41. The maximum Gasteiger partial charge on any atom is 0.418 e. The summed E-state index contributed by atoms with van der Waals surface area (Å²) in [5, 5.41) is 3.20. The molecule has 0 bridgehead atoms. The van der Waals surface area contributed by atoms with Gasteiger partial charge in [0.05, 0.1) is 11.7 Å². The molecule has 3 N–H and O–H groups in total. The number of hydrogen-bond acceptors (Lipinski definition) is 5. The third kappa shape index (κ3) is 7.98. The van der Waals surface area contributed by atoms with Gasteiger partial charge in [0.25, 0.3) is 0 Å². The fraction of sp³-hybridized carbons (Fsp3) is 0.406. The molecule has 3 aromatic carbocycles. The van der Waals surface area contributed by atoms with Crippen LogP contribution in [0.25, 0.3) is 0 Å². The minimum Gasteiger partial charge on any atom is -0.398 e. The van der Waals surface area contributed by atoms with E-state index in [9.17, 15) is 18.0 Å². The van der Waals surface area contributed by atoms with Gasteiger partial charge in [-0.05, 0) is 92.5 Å². The molecular formula is C32H36F3N3O2S. The van der Waals surface area contributed by atoms with Crippen molar-refractivity contribution in [2.24, 2.45) is 0 Å². The minimum absolute atomic E-state index is 0.0148. The third-order valence-electron chi connectivity index (χ3n) is 8.02. The van der Waals surface area contributed by atoms with Gasteiger partial charge in [-0.3, -0.25) is 4.79 Å². The molecule has 0 aromatic heterocycles. The number of nitrogen functional groups attached to an aromatic ring is 1. The summed E-state index contributed by atoms with van der Waals surface area (Å²) in [4.78, 5) is 17.2. The molecule has 0 spiro atoms. The molecule has 0 unspecified atom stereocenters. The number of alkyl halides is 3. The van der Waals surface area contributed by atoms with E-state index in [0.29, 0.717) is 11.6 Å². The molecular weight excluding hydrogens is 547 g/mol. The average Bonchev–Trinajstić information content (AvgIpc) is 2.98. The van der Waals surface area contributed by atoms with Crippen molar-refractivity contribution in [3.63, 3.8) is 0 Å². The normalized spacial score (nSPS) is 20.1. The van der Waals surface area contributed by atoms with Crippen molar-refractivity contribution in [3.8, 4) is 0 Å². The summed E-state index contributed by atoms with van der Waals surface area (Å²) in [5.74, 6) is 0.478. The van der Waals surface area contributed by atoms with E-state index in [1.54, 1.807) is 17.8 Å². The van der Waals surface area contributed by atoms with Crippen LogP contribution in [0.2, 0.25) is 0 Å². The highest BCUT2D eigenvalue weighted by molar-refractivity contribution is 7.99. The van der Waals surface area contributed by atoms with Gasteiger partial charge in [0.2, 0.25) is 5.91 Å². The molecule has 1 aliphatic heterocycles. The molecule has 41 heavy (non-hydrogen) atoms. The third-order valence-corrected chi connectivity index (χ3v) is 9.04. The number of nitrogens with one attached hydrogen (secondary N) is 1. The highest BCUT2D eigenvalue weighted by Gasteiger charge is 2.33. The SMILES string of the molecule is Nc1ccc(NC2CCC(OCC(=O)N3CCC(c4ccc(Sc5ccccc5)cc4)CC3)CC2)cc1C(F)(F)F. The fourth-order valence-electron chi connectivity index (χ4n) is 5.68. The topological polar surface area (TPSA) is 67.6 Å². The average molecular weight is 584 g/mol. The second-order valence-electron chi connectivity index (χ2n) is 10.9. The molecule has 2 fully saturated rings. The zero-order valence-electron chi connectivity index (χ0n) is 22.9. The van der Waals surface area contributed by atoms with Crippen LogP contribution in [0.4, 0.5) is 24.5 Å². The summed E-state index contributed by atoms with van der Waals surface area (Å²) in [6.07, 6.45) is 0.419. The van der Waals surface area contributed by atoms with Crippen molar-refractivity contribution in [1.82, 2.24) is 4.90 Å². The lowest BCUT2D eigenvalue weighted by atomic mass is 9.89. The molecule has 0 radical (unpaired) electrons. The number of anilines is 2. The Morgan fingerprint density at radius 1 is 0.902 bits per heavy atom. The Bertz CT molecular complexity index is 1290. The van der Waals surface area contributed by atoms with Gasteiger partial charge in [-0.2, -0.15) is 13.2 Å². The number of ether oxygens (including phenoxy) is 1. The number of benzene rings is 3. The summed E-state index contributed by atoms with van der Waals surface area (Å²) >= 11 is 1.75. The Morgan fingerprint density at radius 3 is 2.22 bits per heavy atom. The summed E-state index contributed by atoms with van der Waals surface area (Å²) in [5.41, 5.74) is 6.14. The van der Waals surface area contributed by atoms with Crippen LogP contribution in [0.15, 0.2) is 82.6 Å². The molecule has 1 heterocycles. The van der Waals surface area contributed by atoms with Gasteiger partial charge < -0.3 is 20.7 Å². The number of piperidine rings is 1. The van der Waals surface area contributed by atoms with E-state index < -0.39 is 11.7 Å². The van der Waals surface area contributed by atoms with Crippen LogP contribution in [0.1, 0.15) is 55.6 Å². The zero-order valence-corrected chi connectivity index (χ0v) is 23.7. The van der Waals surface area contributed by atoms with E-state index in [2.05, 4.69) is 41.7 Å². The molecule has 1 aliphatic carbocycles. The summed E-state index contributed by atoms with van der Waals surface area (Å²) in [6, 6.07) is 23.1. The maximum atomic E-state index is 13.2. The Balaban J connectivity index is 1.01. The number of likely N-dealkylation sites (tertiary alicyclic amines) is 1. The van der Waals surface area contributed by atoms with Crippen molar-refractivity contribution in [3.05, 3.63) is 83.9 Å². The van der Waals surface area contributed by atoms with E-state index in [1.165, 1.54) is 21.4 Å². The Morgan fingerprint density at radius 2 is 1.56 bits per heavy atom. The Labute approximate surface area is 243 Å². The number of halogens is 3. The molecule has 0 atom stereocenters. The largest absolute Gasteiger partial charge is 0.418 e. The van der Waals surface area contributed by atoms with Crippen LogP contribution in [0, 0.1) is 0 Å². The number of hydrogen-bond donors (Lipinski definition) is 2. The van der Waals surface area contributed by atoms with Crippen molar-refractivity contribution in [2.75, 3.05) is 30.7 Å². The quantitative estimate of drug-likeness (QED) is 0.268.